The molecule has 6 nitrogen and oxygen atoms in total. The SMILES string of the molecule is COc1ccc(CN(CCO)C(=O)C(C)N)c(OC)c1.Cl. The van der Waals surface area contributed by atoms with E-state index in [9.17, 15) is 4.79 Å². The minimum atomic E-state index is -0.606. The summed E-state index contributed by atoms with van der Waals surface area (Å²) in [5.41, 5.74) is 6.44. The molecule has 1 aromatic carbocycles. The first-order chi connectivity index (χ1) is 9.53. The van der Waals surface area contributed by atoms with E-state index < -0.39 is 6.04 Å². The Morgan fingerprint density at radius 1 is 1.38 bits per heavy atom. The largest absolute Gasteiger partial charge is 0.497 e. The van der Waals surface area contributed by atoms with Crippen LogP contribution in [-0.2, 0) is 11.3 Å². The maximum atomic E-state index is 12.0. The van der Waals surface area contributed by atoms with Crippen molar-refractivity contribution in [3.63, 3.8) is 0 Å². The molecule has 1 aromatic rings. The topological polar surface area (TPSA) is 85.0 Å². The Balaban J connectivity index is 0.00000400. The van der Waals surface area contributed by atoms with Crippen LogP contribution in [0.5, 0.6) is 11.5 Å². The second-order valence-electron chi connectivity index (χ2n) is 4.45. The molecule has 3 N–H and O–H groups in total. The van der Waals surface area contributed by atoms with E-state index in [1.165, 1.54) is 4.90 Å². The second-order valence-corrected chi connectivity index (χ2v) is 4.45. The van der Waals surface area contributed by atoms with Crippen molar-refractivity contribution < 1.29 is 19.4 Å². The van der Waals surface area contributed by atoms with Crippen molar-refractivity contribution in [3.05, 3.63) is 23.8 Å². The predicted molar refractivity (Wildman–Crippen MR) is 82.9 cm³/mol. The van der Waals surface area contributed by atoms with Gasteiger partial charge in [0.1, 0.15) is 11.5 Å². The van der Waals surface area contributed by atoms with Crippen LogP contribution in [0.4, 0.5) is 0 Å². The Kier molecular flexibility index (Phi) is 8.76. The van der Waals surface area contributed by atoms with Gasteiger partial charge in [0, 0.05) is 24.7 Å². The zero-order valence-corrected chi connectivity index (χ0v) is 13.4. The Labute approximate surface area is 131 Å². The van der Waals surface area contributed by atoms with Crippen molar-refractivity contribution in [1.29, 1.82) is 0 Å². The van der Waals surface area contributed by atoms with Gasteiger partial charge in [0.15, 0.2) is 0 Å². The van der Waals surface area contributed by atoms with Crippen LogP contribution in [-0.4, -0.2) is 49.3 Å². The minimum Gasteiger partial charge on any atom is -0.497 e. The van der Waals surface area contributed by atoms with Crippen LogP contribution in [0.2, 0.25) is 0 Å². The Bertz CT molecular complexity index is 455. The van der Waals surface area contributed by atoms with Crippen molar-refractivity contribution in [3.8, 4) is 11.5 Å². The van der Waals surface area contributed by atoms with Crippen molar-refractivity contribution in [1.82, 2.24) is 4.90 Å². The number of carbonyl (C=O) groups excluding carboxylic acids is 1. The van der Waals surface area contributed by atoms with Crippen LogP contribution < -0.4 is 15.2 Å². The Morgan fingerprint density at radius 2 is 2.05 bits per heavy atom. The molecule has 1 amide bonds. The molecule has 0 aliphatic heterocycles. The minimum absolute atomic E-state index is 0. The fourth-order valence-corrected chi connectivity index (χ4v) is 1.86. The van der Waals surface area contributed by atoms with E-state index >= 15 is 0 Å². The maximum Gasteiger partial charge on any atom is 0.239 e. The molecule has 0 fully saturated rings. The van der Waals surface area contributed by atoms with Gasteiger partial charge in [-0.2, -0.15) is 0 Å². The van der Waals surface area contributed by atoms with E-state index in [0.717, 1.165) is 5.56 Å². The first-order valence-electron chi connectivity index (χ1n) is 6.39. The quantitative estimate of drug-likeness (QED) is 0.776. The van der Waals surface area contributed by atoms with Gasteiger partial charge in [0.2, 0.25) is 5.91 Å². The highest BCUT2D eigenvalue weighted by molar-refractivity contribution is 5.85. The molecular weight excluding hydrogens is 296 g/mol. The summed E-state index contributed by atoms with van der Waals surface area (Å²) in [5.74, 6) is 1.10. The number of hydrogen-bond acceptors (Lipinski definition) is 5. The summed E-state index contributed by atoms with van der Waals surface area (Å²) in [4.78, 5) is 13.5. The van der Waals surface area contributed by atoms with E-state index in [0.29, 0.717) is 18.0 Å². The van der Waals surface area contributed by atoms with Gasteiger partial charge in [0.05, 0.1) is 26.9 Å². The molecule has 1 rings (SSSR count). The van der Waals surface area contributed by atoms with Gasteiger partial charge < -0.3 is 25.2 Å². The number of halogens is 1. The molecule has 0 aromatic heterocycles. The third-order valence-corrected chi connectivity index (χ3v) is 2.93. The van der Waals surface area contributed by atoms with Gasteiger partial charge in [0.25, 0.3) is 0 Å². The maximum absolute atomic E-state index is 12.0. The zero-order chi connectivity index (χ0) is 15.1. The number of aliphatic hydroxyl groups is 1. The molecule has 1 atom stereocenters. The lowest BCUT2D eigenvalue weighted by Gasteiger charge is -2.24. The predicted octanol–water partition coefficient (Wildman–Crippen LogP) is 0.794. The number of nitrogens with zero attached hydrogens (tertiary/aromatic N) is 1. The monoisotopic (exact) mass is 318 g/mol. The van der Waals surface area contributed by atoms with Gasteiger partial charge in [-0.15, -0.1) is 12.4 Å². The number of benzene rings is 1. The van der Waals surface area contributed by atoms with Crippen LogP contribution in [0.15, 0.2) is 18.2 Å². The highest BCUT2D eigenvalue weighted by Gasteiger charge is 2.19. The van der Waals surface area contributed by atoms with Crippen molar-refractivity contribution in [2.75, 3.05) is 27.4 Å². The Hall–Kier alpha value is -1.50. The molecule has 0 saturated carbocycles. The van der Waals surface area contributed by atoms with Crippen molar-refractivity contribution in [2.45, 2.75) is 19.5 Å². The van der Waals surface area contributed by atoms with Crippen LogP contribution in [0, 0.1) is 0 Å². The van der Waals surface area contributed by atoms with E-state index in [1.807, 2.05) is 6.07 Å². The number of rotatable bonds is 7. The summed E-state index contributed by atoms with van der Waals surface area (Å²) in [5, 5.41) is 9.07. The van der Waals surface area contributed by atoms with E-state index in [2.05, 4.69) is 0 Å². The summed E-state index contributed by atoms with van der Waals surface area (Å²) < 4.78 is 10.4. The number of nitrogens with two attached hydrogens (primary N) is 1. The molecular formula is C14H23ClN2O4. The normalized spacial score (nSPS) is 11.3. The van der Waals surface area contributed by atoms with Gasteiger partial charge >= 0.3 is 0 Å². The van der Waals surface area contributed by atoms with Crippen molar-refractivity contribution >= 4 is 18.3 Å². The molecule has 21 heavy (non-hydrogen) atoms. The standard InChI is InChI=1S/C14H22N2O4.ClH/c1-10(15)14(18)16(6-7-17)9-11-4-5-12(19-2)8-13(11)20-3;/h4-5,8,10,17H,6-7,9,15H2,1-3H3;1H. The van der Waals surface area contributed by atoms with E-state index in [4.69, 9.17) is 20.3 Å². The molecule has 0 heterocycles. The number of aliphatic hydroxyl groups excluding tert-OH is 1. The zero-order valence-electron chi connectivity index (χ0n) is 12.5. The summed E-state index contributed by atoms with van der Waals surface area (Å²) >= 11 is 0. The highest BCUT2D eigenvalue weighted by atomic mass is 35.5. The Morgan fingerprint density at radius 3 is 2.52 bits per heavy atom. The number of amides is 1. The summed E-state index contributed by atoms with van der Waals surface area (Å²) in [6.07, 6.45) is 0. The van der Waals surface area contributed by atoms with Crippen LogP contribution in [0.3, 0.4) is 0 Å². The third-order valence-electron chi connectivity index (χ3n) is 2.93. The van der Waals surface area contributed by atoms with Gasteiger partial charge in [-0.1, -0.05) is 0 Å². The summed E-state index contributed by atoms with van der Waals surface area (Å²) in [7, 11) is 3.13. The number of ether oxygens (including phenoxy) is 2. The molecule has 0 radical (unpaired) electrons. The number of hydrogen-bond donors (Lipinski definition) is 2. The van der Waals surface area contributed by atoms with Gasteiger partial charge in [-0.3, -0.25) is 4.79 Å². The molecule has 0 spiro atoms. The van der Waals surface area contributed by atoms with E-state index in [-0.39, 0.29) is 31.5 Å². The lowest BCUT2D eigenvalue weighted by atomic mass is 10.1. The fourth-order valence-electron chi connectivity index (χ4n) is 1.86. The van der Waals surface area contributed by atoms with E-state index in [1.54, 1.807) is 33.3 Å². The smallest absolute Gasteiger partial charge is 0.239 e. The molecule has 0 saturated heterocycles. The van der Waals surface area contributed by atoms with Gasteiger partial charge in [-0.25, -0.2) is 0 Å². The first-order valence-corrected chi connectivity index (χ1v) is 6.39. The van der Waals surface area contributed by atoms with Crippen LogP contribution in [0.1, 0.15) is 12.5 Å². The summed E-state index contributed by atoms with van der Waals surface area (Å²) in [6, 6.07) is 4.77. The third kappa shape index (κ3) is 5.41. The molecule has 0 aliphatic rings. The molecule has 0 aliphatic carbocycles. The summed E-state index contributed by atoms with van der Waals surface area (Å²) in [6.45, 7) is 2.07. The van der Waals surface area contributed by atoms with Crippen LogP contribution in [0.25, 0.3) is 0 Å². The number of carbonyl (C=O) groups is 1. The second kappa shape index (κ2) is 9.44. The molecule has 120 valence electrons. The average Bonchev–Trinajstić information content (AvgIpc) is 2.46. The first kappa shape index (κ1) is 19.5. The van der Waals surface area contributed by atoms with Crippen molar-refractivity contribution in [2.24, 2.45) is 5.73 Å². The molecule has 0 bridgehead atoms. The van der Waals surface area contributed by atoms with Gasteiger partial charge in [-0.05, 0) is 19.1 Å². The lowest BCUT2D eigenvalue weighted by Crippen LogP contribution is -2.43. The molecule has 1 unspecified atom stereocenters. The highest BCUT2D eigenvalue weighted by Crippen LogP contribution is 2.25. The fraction of sp³-hybridized carbons (Fsp3) is 0.500. The lowest BCUT2D eigenvalue weighted by molar-refractivity contribution is -0.133. The number of methoxy groups -OCH3 is 2. The average molecular weight is 319 g/mol. The van der Waals surface area contributed by atoms with Crippen LogP contribution >= 0.6 is 12.4 Å². The molecule has 7 heteroatoms.